The molecule has 0 saturated heterocycles. The van der Waals surface area contributed by atoms with Crippen molar-refractivity contribution in [3.05, 3.63) is 78.5 Å². The molecule has 9 heteroatoms. The Morgan fingerprint density at radius 3 is 2.62 bits per heavy atom. The minimum atomic E-state index is -0.318. The van der Waals surface area contributed by atoms with Crippen LogP contribution in [0.5, 0.6) is 5.88 Å². The quantitative estimate of drug-likeness (QED) is 0.521. The molecule has 1 unspecified atom stereocenters. The van der Waals surface area contributed by atoms with Crippen molar-refractivity contribution in [1.29, 1.82) is 0 Å². The van der Waals surface area contributed by atoms with E-state index in [2.05, 4.69) is 30.5 Å². The van der Waals surface area contributed by atoms with Gasteiger partial charge in [-0.15, -0.1) is 10.2 Å². The van der Waals surface area contributed by atoms with E-state index in [1.165, 1.54) is 17.5 Å². The smallest absolute Gasteiger partial charge is 0.259 e. The summed E-state index contributed by atoms with van der Waals surface area (Å²) in [4.78, 5) is 24.7. The second-order valence-electron chi connectivity index (χ2n) is 6.03. The summed E-state index contributed by atoms with van der Waals surface area (Å²) in [5.41, 5.74) is 2.23. The highest BCUT2D eigenvalue weighted by atomic mass is 32.1. The fourth-order valence-corrected chi connectivity index (χ4v) is 3.25. The molecular weight excluding hydrogens is 388 g/mol. The molecule has 4 rings (SSSR count). The van der Waals surface area contributed by atoms with Crippen LogP contribution in [0.2, 0.25) is 0 Å². The molecule has 4 heterocycles. The van der Waals surface area contributed by atoms with E-state index in [-0.39, 0.29) is 12.0 Å². The molecule has 0 aromatic carbocycles. The summed E-state index contributed by atoms with van der Waals surface area (Å²) in [6.45, 7) is 1.91. The molecule has 0 aliphatic rings. The van der Waals surface area contributed by atoms with Gasteiger partial charge in [-0.05, 0) is 31.2 Å². The van der Waals surface area contributed by atoms with Crippen molar-refractivity contribution < 1.29 is 9.53 Å². The minimum Gasteiger partial charge on any atom is -0.470 e. The molecule has 144 valence electrons. The van der Waals surface area contributed by atoms with Gasteiger partial charge in [0.05, 0.1) is 5.56 Å². The Labute approximate surface area is 170 Å². The van der Waals surface area contributed by atoms with Gasteiger partial charge < -0.3 is 4.74 Å². The molecule has 0 saturated carbocycles. The number of pyridine rings is 3. The normalized spacial score (nSPS) is 11.6. The summed E-state index contributed by atoms with van der Waals surface area (Å²) in [6, 6.07) is 10.8. The molecule has 0 aliphatic heterocycles. The highest BCUT2D eigenvalue weighted by Gasteiger charge is 2.13. The van der Waals surface area contributed by atoms with E-state index < -0.39 is 0 Å². The standard InChI is InChI=1S/C20H16N6O2S/c1-13(15-3-2-8-22-11-15)28-17-5-4-16(12-23-17)18(27)24-20-26-25-19(29-20)14-6-9-21-10-7-14/h2-13H,1H3,(H,24,26,27). The number of carbonyl (C=O) groups is 1. The van der Waals surface area contributed by atoms with Gasteiger partial charge in [0.25, 0.3) is 5.91 Å². The van der Waals surface area contributed by atoms with Gasteiger partial charge in [-0.3, -0.25) is 20.1 Å². The van der Waals surface area contributed by atoms with Crippen LogP contribution >= 0.6 is 11.3 Å². The predicted molar refractivity (Wildman–Crippen MR) is 109 cm³/mol. The summed E-state index contributed by atoms with van der Waals surface area (Å²) >= 11 is 1.29. The van der Waals surface area contributed by atoms with Crippen molar-refractivity contribution in [2.45, 2.75) is 13.0 Å². The SMILES string of the molecule is CC(Oc1ccc(C(=O)Nc2nnc(-c3ccncc3)s2)cn1)c1cccnc1. The number of amides is 1. The maximum absolute atomic E-state index is 12.4. The minimum absolute atomic E-state index is 0.205. The van der Waals surface area contributed by atoms with Crippen LogP contribution in [0.3, 0.4) is 0 Å². The van der Waals surface area contributed by atoms with Crippen LogP contribution in [-0.2, 0) is 0 Å². The van der Waals surface area contributed by atoms with Gasteiger partial charge in [-0.1, -0.05) is 17.4 Å². The number of carbonyl (C=O) groups excluding carboxylic acids is 1. The van der Waals surface area contributed by atoms with Crippen LogP contribution in [0.1, 0.15) is 28.9 Å². The van der Waals surface area contributed by atoms with Crippen molar-refractivity contribution in [2.24, 2.45) is 0 Å². The number of rotatable bonds is 6. The Kier molecular flexibility index (Phi) is 5.48. The summed E-state index contributed by atoms with van der Waals surface area (Å²) in [5, 5.41) is 12.0. The molecule has 8 nitrogen and oxygen atoms in total. The van der Waals surface area contributed by atoms with E-state index in [4.69, 9.17) is 4.74 Å². The monoisotopic (exact) mass is 404 g/mol. The molecule has 1 amide bonds. The third kappa shape index (κ3) is 4.58. The van der Waals surface area contributed by atoms with Gasteiger partial charge in [0, 0.05) is 48.2 Å². The Morgan fingerprint density at radius 1 is 1.03 bits per heavy atom. The Morgan fingerprint density at radius 2 is 1.90 bits per heavy atom. The average Bonchev–Trinajstić information content (AvgIpc) is 3.24. The van der Waals surface area contributed by atoms with E-state index >= 15 is 0 Å². The molecule has 1 atom stereocenters. The average molecular weight is 404 g/mol. The third-order valence-corrected chi connectivity index (χ3v) is 4.91. The molecule has 0 bridgehead atoms. The first-order chi connectivity index (χ1) is 14.2. The highest BCUT2D eigenvalue weighted by molar-refractivity contribution is 7.18. The summed E-state index contributed by atoms with van der Waals surface area (Å²) in [5.74, 6) is 0.107. The molecule has 4 aromatic rings. The molecule has 29 heavy (non-hydrogen) atoms. The number of hydrogen-bond donors (Lipinski definition) is 1. The topological polar surface area (TPSA) is 103 Å². The second kappa shape index (κ2) is 8.53. The fraction of sp³-hybridized carbons (Fsp3) is 0.100. The zero-order valence-corrected chi connectivity index (χ0v) is 16.2. The van der Waals surface area contributed by atoms with E-state index in [0.717, 1.165) is 11.1 Å². The zero-order valence-electron chi connectivity index (χ0n) is 15.4. The van der Waals surface area contributed by atoms with Gasteiger partial charge in [0.15, 0.2) is 0 Å². The van der Waals surface area contributed by atoms with E-state index in [1.54, 1.807) is 36.9 Å². The van der Waals surface area contributed by atoms with Crippen molar-refractivity contribution in [3.63, 3.8) is 0 Å². The van der Waals surface area contributed by atoms with Crippen molar-refractivity contribution in [2.75, 3.05) is 5.32 Å². The van der Waals surface area contributed by atoms with E-state index in [0.29, 0.717) is 21.6 Å². The van der Waals surface area contributed by atoms with Gasteiger partial charge in [0.1, 0.15) is 11.1 Å². The second-order valence-corrected chi connectivity index (χ2v) is 7.01. The lowest BCUT2D eigenvalue weighted by atomic mass is 10.2. The number of anilines is 1. The van der Waals surface area contributed by atoms with Crippen molar-refractivity contribution in [1.82, 2.24) is 25.1 Å². The fourth-order valence-electron chi connectivity index (χ4n) is 2.50. The largest absolute Gasteiger partial charge is 0.470 e. The van der Waals surface area contributed by atoms with Crippen LogP contribution in [0.15, 0.2) is 67.4 Å². The van der Waals surface area contributed by atoms with E-state index in [1.807, 2.05) is 31.2 Å². The lowest BCUT2D eigenvalue weighted by molar-refractivity contribution is 0.102. The molecule has 0 aliphatic carbocycles. The Balaban J connectivity index is 1.39. The highest BCUT2D eigenvalue weighted by Crippen LogP contribution is 2.26. The van der Waals surface area contributed by atoms with Gasteiger partial charge in [0.2, 0.25) is 11.0 Å². The first-order valence-corrected chi connectivity index (χ1v) is 9.58. The van der Waals surface area contributed by atoms with E-state index in [9.17, 15) is 4.79 Å². The predicted octanol–water partition coefficient (Wildman–Crippen LogP) is 3.78. The molecule has 0 fully saturated rings. The van der Waals surface area contributed by atoms with Crippen LogP contribution in [0.4, 0.5) is 5.13 Å². The van der Waals surface area contributed by atoms with Gasteiger partial charge in [-0.25, -0.2) is 4.98 Å². The number of ether oxygens (including phenoxy) is 1. The lowest BCUT2D eigenvalue weighted by Crippen LogP contribution is -2.12. The van der Waals surface area contributed by atoms with Crippen molar-refractivity contribution >= 4 is 22.4 Å². The Hall–Kier alpha value is -3.72. The van der Waals surface area contributed by atoms with Crippen LogP contribution in [-0.4, -0.2) is 31.1 Å². The molecule has 0 spiro atoms. The molecule has 1 N–H and O–H groups in total. The number of nitrogens with zero attached hydrogens (tertiary/aromatic N) is 5. The van der Waals surface area contributed by atoms with Gasteiger partial charge >= 0.3 is 0 Å². The molecule has 0 radical (unpaired) electrons. The maximum Gasteiger partial charge on any atom is 0.259 e. The molecule has 4 aromatic heterocycles. The summed E-state index contributed by atoms with van der Waals surface area (Å²) in [7, 11) is 0. The number of hydrogen-bond acceptors (Lipinski definition) is 8. The number of aromatic nitrogens is 5. The Bertz CT molecular complexity index is 1090. The first kappa shape index (κ1) is 18.6. The maximum atomic E-state index is 12.4. The lowest BCUT2D eigenvalue weighted by Gasteiger charge is -2.13. The van der Waals surface area contributed by atoms with Gasteiger partial charge in [-0.2, -0.15) is 0 Å². The van der Waals surface area contributed by atoms with Crippen LogP contribution < -0.4 is 10.1 Å². The number of nitrogens with one attached hydrogen (secondary N) is 1. The summed E-state index contributed by atoms with van der Waals surface area (Å²) < 4.78 is 5.80. The van der Waals surface area contributed by atoms with Crippen LogP contribution in [0.25, 0.3) is 10.6 Å². The zero-order chi connectivity index (χ0) is 20.1. The van der Waals surface area contributed by atoms with Crippen molar-refractivity contribution in [3.8, 4) is 16.5 Å². The van der Waals surface area contributed by atoms with Crippen LogP contribution in [0, 0.1) is 0 Å². The first-order valence-electron chi connectivity index (χ1n) is 8.77. The molecular formula is C20H16N6O2S. The summed E-state index contributed by atoms with van der Waals surface area (Å²) in [6.07, 6.45) is 8.07. The third-order valence-electron chi connectivity index (χ3n) is 4.02.